The molecule has 2 N–H and O–H groups in total. The van der Waals surface area contributed by atoms with Gasteiger partial charge in [-0.1, -0.05) is 0 Å². The van der Waals surface area contributed by atoms with Crippen molar-refractivity contribution in [3.8, 4) is 0 Å². The Labute approximate surface area is 60.2 Å². The van der Waals surface area contributed by atoms with Crippen LogP contribution in [0.5, 0.6) is 0 Å². The summed E-state index contributed by atoms with van der Waals surface area (Å²) in [4.78, 5) is 0. The number of hydrogen-bond acceptors (Lipinski definition) is 3. The Hall–Kier alpha value is -0.315. The van der Waals surface area contributed by atoms with Gasteiger partial charge >= 0.3 is 7.12 Å². The van der Waals surface area contributed by atoms with Crippen LogP contribution in [-0.4, -0.2) is 31.8 Å². The maximum Gasteiger partial charge on any atom is 0.487 e. The Bertz CT molecular complexity index is 181. The average molecular weight is 139 g/mol. The van der Waals surface area contributed by atoms with Crippen LogP contribution in [-0.2, 0) is 4.65 Å². The lowest BCUT2D eigenvalue weighted by atomic mass is 9.75. The van der Waals surface area contributed by atoms with Crippen LogP contribution in [0.4, 0.5) is 0 Å². The SMILES string of the molecule is OB1OCC2=C1CCNC2. The molecule has 0 aromatic heterocycles. The van der Waals surface area contributed by atoms with Crippen LogP contribution in [0.2, 0.25) is 0 Å². The zero-order chi connectivity index (χ0) is 6.97. The summed E-state index contributed by atoms with van der Waals surface area (Å²) in [6.45, 7) is 2.48. The van der Waals surface area contributed by atoms with Crippen molar-refractivity contribution in [2.45, 2.75) is 6.42 Å². The summed E-state index contributed by atoms with van der Waals surface area (Å²) in [5.74, 6) is 0. The van der Waals surface area contributed by atoms with Gasteiger partial charge in [0.25, 0.3) is 0 Å². The van der Waals surface area contributed by atoms with E-state index in [-0.39, 0.29) is 0 Å². The molecule has 2 rings (SSSR count). The summed E-state index contributed by atoms with van der Waals surface area (Å²) in [5.41, 5.74) is 2.36. The summed E-state index contributed by atoms with van der Waals surface area (Å²) in [6, 6.07) is 0. The second-order valence-electron chi connectivity index (χ2n) is 2.72. The maximum absolute atomic E-state index is 9.22. The van der Waals surface area contributed by atoms with Crippen LogP contribution in [0.15, 0.2) is 11.0 Å². The maximum atomic E-state index is 9.22. The number of rotatable bonds is 0. The third-order valence-corrected chi connectivity index (χ3v) is 2.08. The smallest absolute Gasteiger partial charge is 0.423 e. The van der Waals surface area contributed by atoms with Crippen molar-refractivity contribution < 1.29 is 9.68 Å². The molecule has 0 saturated carbocycles. The molecule has 2 aliphatic heterocycles. The van der Waals surface area contributed by atoms with E-state index in [0.717, 1.165) is 25.0 Å². The van der Waals surface area contributed by atoms with Crippen molar-refractivity contribution in [2.75, 3.05) is 19.7 Å². The van der Waals surface area contributed by atoms with Crippen LogP contribution >= 0.6 is 0 Å². The van der Waals surface area contributed by atoms with Crippen LogP contribution in [0, 0.1) is 0 Å². The molecule has 0 atom stereocenters. The third kappa shape index (κ3) is 0.886. The van der Waals surface area contributed by atoms with Gasteiger partial charge in [0.15, 0.2) is 0 Å². The lowest BCUT2D eigenvalue weighted by Gasteiger charge is -2.13. The Balaban J connectivity index is 2.20. The fraction of sp³-hybridized carbons (Fsp3) is 0.667. The Morgan fingerprint density at radius 3 is 3.30 bits per heavy atom. The highest BCUT2D eigenvalue weighted by Crippen LogP contribution is 2.21. The van der Waals surface area contributed by atoms with Gasteiger partial charge in [-0.3, -0.25) is 0 Å². The van der Waals surface area contributed by atoms with Gasteiger partial charge in [-0.2, -0.15) is 0 Å². The lowest BCUT2D eigenvalue weighted by molar-refractivity contribution is 0.308. The second kappa shape index (κ2) is 2.38. The van der Waals surface area contributed by atoms with Crippen LogP contribution < -0.4 is 5.32 Å². The van der Waals surface area contributed by atoms with E-state index in [9.17, 15) is 5.02 Å². The van der Waals surface area contributed by atoms with Gasteiger partial charge in [-0.05, 0) is 24.0 Å². The van der Waals surface area contributed by atoms with E-state index < -0.39 is 7.12 Å². The molecule has 2 aliphatic rings. The summed E-state index contributed by atoms with van der Waals surface area (Å²) in [6.07, 6.45) is 0.941. The summed E-state index contributed by atoms with van der Waals surface area (Å²) >= 11 is 0. The largest absolute Gasteiger partial charge is 0.487 e. The molecule has 0 spiro atoms. The number of nitrogens with one attached hydrogen (secondary N) is 1. The van der Waals surface area contributed by atoms with E-state index in [1.54, 1.807) is 0 Å². The summed E-state index contributed by atoms with van der Waals surface area (Å²) in [5, 5.41) is 12.4. The van der Waals surface area contributed by atoms with Gasteiger partial charge in [0.05, 0.1) is 6.61 Å². The molecule has 0 amide bonds. The minimum atomic E-state index is -0.600. The molecule has 2 heterocycles. The van der Waals surface area contributed by atoms with E-state index in [0.29, 0.717) is 6.61 Å². The first-order valence-electron chi connectivity index (χ1n) is 3.59. The normalized spacial score (nSPS) is 25.5. The average Bonchev–Trinajstić information content (AvgIpc) is 2.34. The topological polar surface area (TPSA) is 41.5 Å². The molecule has 0 fully saturated rings. The van der Waals surface area contributed by atoms with Gasteiger partial charge in [-0.15, -0.1) is 0 Å². The monoisotopic (exact) mass is 139 g/mol. The van der Waals surface area contributed by atoms with E-state index in [4.69, 9.17) is 4.65 Å². The summed E-state index contributed by atoms with van der Waals surface area (Å²) < 4.78 is 5.04. The third-order valence-electron chi connectivity index (χ3n) is 2.08. The second-order valence-corrected chi connectivity index (χ2v) is 2.72. The number of hydrogen-bond donors (Lipinski definition) is 2. The Morgan fingerprint density at radius 1 is 1.60 bits per heavy atom. The molecular weight excluding hydrogens is 129 g/mol. The molecular formula is C6H10BNO2. The zero-order valence-electron chi connectivity index (χ0n) is 5.76. The van der Waals surface area contributed by atoms with Crippen LogP contribution in [0.25, 0.3) is 0 Å². The first-order valence-corrected chi connectivity index (χ1v) is 3.59. The van der Waals surface area contributed by atoms with Gasteiger partial charge in [-0.25, -0.2) is 0 Å². The molecule has 0 radical (unpaired) electrons. The van der Waals surface area contributed by atoms with Crippen LogP contribution in [0.1, 0.15) is 6.42 Å². The van der Waals surface area contributed by atoms with Crippen molar-refractivity contribution in [3.05, 3.63) is 11.0 Å². The van der Waals surface area contributed by atoms with E-state index >= 15 is 0 Å². The van der Waals surface area contributed by atoms with Crippen molar-refractivity contribution >= 4 is 7.12 Å². The highest BCUT2D eigenvalue weighted by Gasteiger charge is 2.30. The van der Waals surface area contributed by atoms with Gasteiger partial charge in [0.2, 0.25) is 0 Å². The predicted octanol–water partition coefficient (Wildman–Crippen LogP) is -0.674. The highest BCUT2D eigenvalue weighted by molar-refractivity contribution is 6.53. The fourth-order valence-electron chi connectivity index (χ4n) is 1.47. The van der Waals surface area contributed by atoms with Crippen molar-refractivity contribution in [3.63, 3.8) is 0 Å². The standard InChI is InChI=1S/C6H10BNO2/c9-7-6-1-2-8-3-5(6)4-10-7/h8-9H,1-4H2. The Morgan fingerprint density at radius 2 is 2.50 bits per heavy atom. The Kier molecular flexibility index (Phi) is 1.52. The molecule has 0 unspecified atom stereocenters. The molecule has 3 nitrogen and oxygen atoms in total. The molecule has 0 aromatic rings. The van der Waals surface area contributed by atoms with Crippen molar-refractivity contribution in [1.82, 2.24) is 5.32 Å². The molecule has 0 bridgehead atoms. The van der Waals surface area contributed by atoms with Crippen LogP contribution in [0.3, 0.4) is 0 Å². The van der Waals surface area contributed by atoms with Crippen molar-refractivity contribution in [2.24, 2.45) is 0 Å². The fourth-order valence-corrected chi connectivity index (χ4v) is 1.47. The lowest BCUT2D eigenvalue weighted by Crippen LogP contribution is -2.27. The minimum absolute atomic E-state index is 0.600. The first-order chi connectivity index (χ1) is 4.88. The zero-order valence-corrected chi connectivity index (χ0v) is 5.76. The molecule has 10 heavy (non-hydrogen) atoms. The highest BCUT2D eigenvalue weighted by atomic mass is 16.5. The van der Waals surface area contributed by atoms with E-state index in [2.05, 4.69) is 5.32 Å². The molecule has 54 valence electrons. The van der Waals surface area contributed by atoms with E-state index in [1.165, 1.54) is 5.57 Å². The first kappa shape index (κ1) is 6.40. The molecule has 0 saturated heterocycles. The van der Waals surface area contributed by atoms with Gasteiger partial charge in [0, 0.05) is 6.54 Å². The molecule has 0 aliphatic carbocycles. The predicted molar refractivity (Wildman–Crippen MR) is 38.4 cm³/mol. The minimum Gasteiger partial charge on any atom is -0.423 e. The summed E-state index contributed by atoms with van der Waals surface area (Å²) in [7, 11) is -0.600. The molecule has 4 heteroatoms. The quantitative estimate of drug-likeness (QED) is 0.437. The van der Waals surface area contributed by atoms with Gasteiger partial charge < -0.3 is 15.0 Å². The van der Waals surface area contributed by atoms with Gasteiger partial charge in [0.1, 0.15) is 0 Å². The molecule has 0 aromatic carbocycles. The van der Waals surface area contributed by atoms with Crippen molar-refractivity contribution in [1.29, 1.82) is 0 Å². The van der Waals surface area contributed by atoms with E-state index in [1.807, 2.05) is 0 Å².